The van der Waals surface area contributed by atoms with E-state index in [-0.39, 0.29) is 23.3 Å². The monoisotopic (exact) mass is 731 g/mol. The van der Waals surface area contributed by atoms with E-state index in [4.69, 9.17) is 25.8 Å². The molecule has 1 aliphatic carbocycles. The van der Waals surface area contributed by atoms with Crippen LogP contribution in [0.25, 0.3) is 0 Å². The van der Waals surface area contributed by atoms with Gasteiger partial charge < -0.3 is 24.2 Å². The molecule has 2 aromatic rings. The van der Waals surface area contributed by atoms with Crippen LogP contribution in [0, 0.1) is 17.8 Å². The maximum absolute atomic E-state index is 13.5. The predicted octanol–water partition coefficient (Wildman–Crippen LogP) is 5.81. The first-order valence-corrected chi connectivity index (χ1v) is 19.8. The van der Waals surface area contributed by atoms with E-state index in [1.54, 1.807) is 32.2 Å². The van der Waals surface area contributed by atoms with Crippen LogP contribution in [0.3, 0.4) is 0 Å². The number of anilines is 1. The van der Waals surface area contributed by atoms with Crippen molar-refractivity contribution >= 4 is 33.2 Å². The van der Waals surface area contributed by atoms with Crippen LogP contribution in [0.5, 0.6) is 5.75 Å². The highest BCUT2D eigenvalue weighted by Crippen LogP contribution is 2.46. The van der Waals surface area contributed by atoms with Crippen LogP contribution in [-0.2, 0) is 32.5 Å². The third kappa shape index (κ3) is 9.60. The Labute approximate surface area is 303 Å². The number of fused-ring (bicyclic) bond motifs is 3. The third-order valence-electron chi connectivity index (χ3n) is 10.8. The van der Waals surface area contributed by atoms with Crippen LogP contribution in [-0.4, -0.2) is 88.9 Å². The third-order valence-corrected chi connectivity index (χ3v) is 13.0. The number of rotatable bonds is 8. The van der Waals surface area contributed by atoms with Crippen molar-refractivity contribution in [3.8, 4) is 5.75 Å². The number of hydrogen-bond donors (Lipinski definition) is 2. The summed E-state index contributed by atoms with van der Waals surface area (Å²) in [5.41, 5.74) is 2.09. The van der Waals surface area contributed by atoms with E-state index < -0.39 is 26.8 Å². The quantitative estimate of drug-likeness (QED) is 0.197. The van der Waals surface area contributed by atoms with Gasteiger partial charge in [0, 0.05) is 43.8 Å². The standard InChI is InChI=1S/C38H54ClN3O7S/c1-27-8-7-16-38(44,17-20-48-26-41(3)19-21-47-4)34-14-11-31(34)24-42-18-6-5-9-29-22-33(39)13-10-32(29)25-49-36-15-12-30(23-35(36)42)37(43)40-50(45,46)28(27)2/h7,10,12-13,15-16,22-23,27-28,31,34,44H,5-6,8-9,11,14,17-21,24-26H2,1-4H3,(H,40,43)/b16-7+/t27-,28+,31-,34+,38-/m0/s1. The van der Waals surface area contributed by atoms with Gasteiger partial charge in [-0.15, -0.1) is 0 Å². The molecule has 2 N–H and O–H groups in total. The molecular weight excluding hydrogens is 678 g/mol. The second-order valence-electron chi connectivity index (χ2n) is 14.4. The number of likely N-dealkylation sites (N-methyl/N-ethyl adjacent to an activating group) is 1. The molecule has 0 unspecified atom stereocenters. The molecular formula is C38H54ClN3O7S. The molecule has 1 saturated carbocycles. The molecule has 12 heteroatoms. The van der Waals surface area contributed by atoms with Gasteiger partial charge in [-0.1, -0.05) is 36.7 Å². The lowest BCUT2D eigenvalue weighted by atomic mass is 9.63. The number of nitrogens with one attached hydrogen (secondary N) is 1. The van der Waals surface area contributed by atoms with Crippen LogP contribution in [0.15, 0.2) is 48.6 Å². The second kappa shape index (κ2) is 17.2. The van der Waals surface area contributed by atoms with E-state index in [1.807, 2.05) is 49.2 Å². The van der Waals surface area contributed by atoms with Gasteiger partial charge in [0.2, 0.25) is 10.0 Å². The molecule has 3 aliphatic rings. The summed E-state index contributed by atoms with van der Waals surface area (Å²) < 4.78 is 46.8. The summed E-state index contributed by atoms with van der Waals surface area (Å²) in [6.07, 6.45) is 9.17. The van der Waals surface area contributed by atoms with Gasteiger partial charge in [-0.3, -0.25) is 9.69 Å². The fourth-order valence-electron chi connectivity index (χ4n) is 7.23. The van der Waals surface area contributed by atoms with Gasteiger partial charge in [0.25, 0.3) is 5.91 Å². The van der Waals surface area contributed by atoms with Crippen molar-refractivity contribution in [3.63, 3.8) is 0 Å². The molecule has 1 amide bonds. The zero-order valence-corrected chi connectivity index (χ0v) is 31.5. The number of carbonyl (C=O) groups excluding carboxylic acids is 1. The highest BCUT2D eigenvalue weighted by Gasteiger charge is 2.45. The van der Waals surface area contributed by atoms with Crippen LogP contribution in [0.2, 0.25) is 5.02 Å². The molecule has 5 atom stereocenters. The van der Waals surface area contributed by atoms with Gasteiger partial charge in [-0.2, -0.15) is 0 Å². The second-order valence-corrected chi connectivity index (χ2v) is 16.9. The van der Waals surface area contributed by atoms with E-state index in [1.165, 1.54) is 0 Å². The molecule has 50 heavy (non-hydrogen) atoms. The highest BCUT2D eigenvalue weighted by atomic mass is 35.5. The molecule has 2 heterocycles. The van der Waals surface area contributed by atoms with E-state index in [0.717, 1.165) is 55.5 Å². The van der Waals surface area contributed by atoms with Crippen LogP contribution < -0.4 is 14.4 Å². The largest absolute Gasteiger partial charge is 0.487 e. The van der Waals surface area contributed by atoms with Crippen LogP contribution in [0.4, 0.5) is 5.69 Å². The van der Waals surface area contributed by atoms with Crippen LogP contribution >= 0.6 is 11.6 Å². The molecule has 0 aromatic heterocycles. The summed E-state index contributed by atoms with van der Waals surface area (Å²) in [5, 5.41) is 12.2. The van der Waals surface area contributed by atoms with Gasteiger partial charge in [0.1, 0.15) is 12.4 Å². The number of amides is 1. The van der Waals surface area contributed by atoms with Crippen molar-refractivity contribution < 1.29 is 32.5 Å². The Bertz CT molecular complexity index is 1600. The maximum Gasteiger partial charge on any atom is 0.264 e. The Hall–Kier alpha value is -2.67. The number of benzene rings is 2. The highest BCUT2D eigenvalue weighted by molar-refractivity contribution is 7.90. The summed E-state index contributed by atoms with van der Waals surface area (Å²) >= 11 is 6.36. The fourth-order valence-corrected chi connectivity index (χ4v) is 8.71. The Balaban J connectivity index is 1.48. The lowest BCUT2D eigenvalue weighted by Gasteiger charge is -2.48. The fraction of sp³-hybridized carbons (Fsp3) is 0.605. The molecule has 276 valence electrons. The average molecular weight is 732 g/mol. The molecule has 0 saturated heterocycles. The number of ether oxygens (including phenoxy) is 3. The van der Waals surface area contributed by atoms with Crippen molar-refractivity contribution in [2.24, 2.45) is 17.8 Å². The number of aryl methyl sites for hydroxylation is 1. The number of halogens is 1. The smallest absolute Gasteiger partial charge is 0.264 e. The van der Waals surface area contributed by atoms with Gasteiger partial charge in [0.05, 0.1) is 36.5 Å². The number of hydrogen-bond acceptors (Lipinski definition) is 9. The van der Waals surface area contributed by atoms with E-state index in [0.29, 0.717) is 63.3 Å². The topological polar surface area (TPSA) is 118 Å². The number of sulfonamides is 1. The zero-order valence-electron chi connectivity index (χ0n) is 29.9. The lowest BCUT2D eigenvalue weighted by molar-refractivity contribution is -0.0717. The van der Waals surface area contributed by atoms with Gasteiger partial charge in [-0.05, 0) is 112 Å². The van der Waals surface area contributed by atoms with E-state index >= 15 is 0 Å². The number of allylic oxidation sites excluding steroid dienone is 1. The molecule has 2 bridgehead atoms. The molecule has 1 fully saturated rings. The van der Waals surface area contributed by atoms with Crippen molar-refractivity contribution in [1.82, 2.24) is 9.62 Å². The number of methoxy groups -OCH3 is 1. The Morgan fingerprint density at radius 2 is 1.94 bits per heavy atom. The van der Waals surface area contributed by atoms with Crippen molar-refractivity contribution in [3.05, 3.63) is 70.3 Å². The Morgan fingerprint density at radius 3 is 2.70 bits per heavy atom. The van der Waals surface area contributed by atoms with Gasteiger partial charge >= 0.3 is 0 Å². The molecule has 10 nitrogen and oxygen atoms in total. The molecule has 2 aliphatic heterocycles. The minimum absolute atomic E-state index is 0.0154. The minimum Gasteiger partial charge on any atom is -0.487 e. The van der Waals surface area contributed by atoms with E-state index in [9.17, 15) is 18.3 Å². The molecule has 5 rings (SSSR count). The Kier molecular flexibility index (Phi) is 13.3. The van der Waals surface area contributed by atoms with Crippen molar-refractivity contribution in [1.29, 1.82) is 0 Å². The van der Waals surface area contributed by atoms with Crippen LogP contribution in [0.1, 0.15) is 73.9 Å². The molecule has 0 spiro atoms. The summed E-state index contributed by atoms with van der Waals surface area (Å²) in [6, 6.07) is 11.0. The maximum atomic E-state index is 13.5. The molecule has 0 radical (unpaired) electrons. The molecule has 2 aromatic carbocycles. The normalized spacial score (nSPS) is 27.9. The first-order valence-electron chi connectivity index (χ1n) is 17.9. The van der Waals surface area contributed by atoms with Gasteiger partial charge in [0.15, 0.2) is 0 Å². The minimum atomic E-state index is -3.99. The number of aliphatic hydroxyl groups is 1. The SMILES string of the molecule is COCCN(C)COCC[C@@]1(O)/C=C/C[C@H](C)[C@@H](C)S(=O)(=O)NC(=O)c2ccc3c(c2)N(CCCCc2cc(Cl)ccc2CO3)C[C@@H]2CC[C@H]21. The number of nitrogens with zero attached hydrogens (tertiary/aromatic N) is 2. The zero-order chi connectivity index (χ0) is 35.9. The summed E-state index contributed by atoms with van der Waals surface area (Å²) in [4.78, 5) is 17.8. The Morgan fingerprint density at radius 1 is 1.12 bits per heavy atom. The van der Waals surface area contributed by atoms with Gasteiger partial charge in [-0.25, -0.2) is 13.1 Å². The summed E-state index contributed by atoms with van der Waals surface area (Å²) in [6.45, 7) is 7.34. The van der Waals surface area contributed by atoms with Crippen molar-refractivity contribution in [2.75, 3.05) is 58.6 Å². The number of carbonyl (C=O) groups is 1. The lowest BCUT2D eigenvalue weighted by Crippen LogP contribution is -2.50. The van der Waals surface area contributed by atoms with Crippen molar-refractivity contribution in [2.45, 2.75) is 76.3 Å². The summed E-state index contributed by atoms with van der Waals surface area (Å²) in [7, 11) is -0.348. The first-order chi connectivity index (χ1) is 23.9. The predicted molar refractivity (Wildman–Crippen MR) is 197 cm³/mol. The first kappa shape index (κ1) is 38.6. The average Bonchev–Trinajstić information content (AvgIpc) is 3.09. The summed E-state index contributed by atoms with van der Waals surface area (Å²) in [5.74, 6) is -0.172. The van der Waals surface area contributed by atoms with E-state index in [2.05, 4.69) is 9.62 Å².